The van der Waals surface area contributed by atoms with Crippen molar-refractivity contribution in [3.05, 3.63) is 57.0 Å². The number of rotatable bonds is 5. The van der Waals surface area contributed by atoms with Crippen molar-refractivity contribution in [3.63, 3.8) is 0 Å². The second-order valence-corrected chi connectivity index (χ2v) is 7.07. The predicted molar refractivity (Wildman–Crippen MR) is 102 cm³/mol. The Bertz CT molecular complexity index is 982. The van der Waals surface area contributed by atoms with Gasteiger partial charge in [-0.15, -0.1) is 11.3 Å². The lowest BCUT2D eigenvalue weighted by Gasteiger charge is -2.16. The van der Waals surface area contributed by atoms with Crippen molar-refractivity contribution in [2.45, 2.75) is 19.5 Å². The summed E-state index contributed by atoms with van der Waals surface area (Å²) in [4.78, 5) is 25.0. The Hall–Kier alpha value is -2.71. The molecular formula is C18H19N5O2S. The number of fused-ring (bicyclic) bond motifs is 1. The van der Waals surface area contributed by atoms with Crippen molar-refractivity contribution in [2.24, 2.45) is 0 Å². The molecule has 0 saturated carbocycles. The maximum absolute atomic E-state index is 12.2. The predicted octanol–water partition coefficient (Wildman–Crippen LogP) is 2.16. The summed E-state index contributed by atoms with van der Waals surface area (Å²) in [6.45, 7) is 1.99. The van der Waals surface area contributed by atoms with Gasteiger partial charge < -0.3 is 15.4 Å². The number of nitrogens with zero attached hydrogens (tertiary/aromatic N) is 2. The Labute approximate surface area is 154 Å². The Balaban J connectivity index is 1.50. The lowest BCUT2D eigenvalue weighted by molar-refractivity contribution is 0.416. The van der Waals surface area contributed by atoms with E-state index in [1.54, 1.807) is 18.4 Å². The van der Waals surface area contributed by atoms with Gasteiger partial charge in [0.1, 0.15) is 10.8 Å². The van der Waals surface area contributed by atoms with Gasteiger partial charge in [-0.25, -0.2) is 9.97 Å². The average molecular weight is 369 g/mol. The van der Waals surface area contributed by atoms with Crippen molar-refractivity contribution in [3.8, 4) is 16.3 Å². The standard InChI is InChI=1S/C18H19N5O2S/c1-25-15-5-3-2-4-13(15)17-20-8-11(26-17)9-21-18-22-14-10-19-7-6-12(14)16(24)23-18/h2-5,8,19H,6-7,9-10H2,1H3,(H2,21,22,23,24). The molecule has 7 nitrogen and oxygen atoms in total. The van der Waals surface area contributed by atoms with Gasteiger partial charge in [-0.05, 0) is 25.1 Å². The smallest absolute Gasteiger partial charge is 0.255 e. The van der Waals surface area contributed by atoms with E-state index >= 15 is 0 Å². The number of hydrogen-bond donors (Lipinski definition) is 3. The third kappa shape index (κ3) is 3.33. The summed E-state index contributed by atoms with van der Waals surface area (Å²) in [5.41, 5.74) is 2.52. The van der Waals surface area contributed by atoms with E-state index in [-0.39, 0.29) is 5.56 Å². The lowest BCUT2D eigenvalue weighted by Crippen LogP contribution is -2.31. The maximum Gasteiger partial charge on any atom is 0.255 e. The molecule has 0 aliphatic carbocycles. The van der Waals surface area contributed by atoms with Crippen molar-refractivity contribution in [1.29, 1.82) is 0 Å². The van der Waals surface area contributed by atoms with Gasteiger partial charge in [0.15, 0.2) is 0 Å². The zero-order valence-electron chi connectivity index (χ0n) is 14.3. The van der Waals surface area contributed by atoms with Gasteiger partial charge in [-0.2, -0.15) is 0 Å². The zero-order chi connectivity index (χ0) is 17.9. The van der Waals surface area contributed by atoms with Crippen LogP contribution in [-0.2, 0) is 19.5 Å². The van der Waals surface area contributed by atoms with Crippen LogP contribution in [0.4, 0.5) is 5.95 Å². The van der Waals surface area contributed by atoms with E-state index < -0.39 is 0 Å². The SMILES string of the molecule is COc1ccccc1-c1ncc(CNc2nc3c(c(=O)[nH]2)CCNC3)s1. The van der Waals surface area contributed by atoms with E-state index in [2.05, 4.69) is 25.6 Å². The minimum Gasteiger partial charge on any atom is -0.496 e. The van der Waals surface area contributed by atoms with Crippen LogP contribution in [0.2, 0.25) is 0 Å². The molecule has 26 heavy (non-hydrogen) atoms. The van der Waals surface area contributed by atoms with Gasteiger partial charge in [-0.3, -0.25) is 9.78 Å². The van der Waals surface area contributed by atoms with Gasteiger partial charge >= 0.3 is 0 Å². The van der Waals surface area contributed by atoms with E-state index in [4.69, 9.17) is 4.74 Å². The molecule has 8 heteroatoms. The number of para-hydroxylation sites is 1. The van der Waals surface area contributed by atoms with Crippen LogP contribution in [-0.4, -0.2) is 28.6 Å². The number of anilines is 1. The summed E-state index contributed by atoms with van der Waals surface area (Å²) in [5.74, 6) is 1.29. The van der Waals surface area contributed by atoms with Crippen molar-refractivity contribution >= 4 is 17.3 Å². The van der Waals surface area contributed by atoms with E-state index in [0.717, 1.165) is 45.4 Å². The Kier molecular flexibility index (Phi) is 4.68. The first-order valence-corrected chi connectivity index (χ1v) is 9.21. The van der Waals surface area contributed by atoms with Crippen LogP contribution in [0.15, 0.2) is 35.3 Å². The largest absolute Gasteiger partial charge is 0.496 e. The molecule has 0 unspecified atom stereocenters. The molecule has 1 aromatic carbocycles. The molecule has 0 radical (unpaired) electrons. The summed E-state index contributed by atoms with van der Waals surface area (Å²) in [6.07, 6.45) is 2.55. The molecule has 0 bridgehead atoms. The van der Waals surface area contributed by atoms with E-state index in [9.17, 15) is 4.79 Å². The quantitative estimate of drug-likeness (QED) is 0.638. The maximum atomic E-state index is 12.2. The first-order chi connectivity index (χ1) is 12.7. The monoisotopic (exact) mass is 369 g/mol. The molecule has 4 rings (SSSR count). The number of aromatic amines is 1. The number of benzene rings is 1. The number of ether oxygens (including phenoxy) is 1. The lowest BCUT2D eigenvalue weighted by atomic mass is 10.1. The van der Waals surface area contributed by atoms with E-state index in [1.165, 1.54) is 0 Å². The molecule has 0 saturated heterocycles. The second-order valence-electron chi connectivity index (χ2n) is 5.95. The van der Waals surface area contributed by atoms with Crippen molar-refractivity contribution < 1.29 is 4.74 Å². The molecule has 3 N–H and O–H groups in total. The van der Waals surface area contributed by atoms with Crippen molar-refractivity contribution in [1.82, 2.24) is 20.3 Å². The van der Waals surface area contributed by atoms with Gasteiger partial charge in [0, 0.05) is 23.2 Å². The second kappa shape index (κ2) is 7.27. The summed E-state index contributed by atoms with van der Waals surface area (Å²) < 4.78 is 5.40. The summed E-state index contributed by atoms with van der Waals surface area (Å²) in [7, 11) is 1.65. The first kappa shape index (κ1) is 16.7. The van der Waals surface area contributed by atoms with E-state index in [1.807, 2.05) is 30.5 Å². The molecule has 1 aliphatic rings. The fraction of sp³-hybridized carbons (Fsp3) is 0.278. The molecule has 0 amide bonds. The highest BCUT2D eigenvalue weighted by Crippen LogP contribution is 2.32. The third-order valence-corrected chi connectivity index (χ3v) is 5.30. The first-order valence-electron chi connectivity index (χ1n) is 8.39. The van der Waals surface area contributed by atoms with Crippen LogP contribution in [0, 0.1) is 0 Å². The highest BCUT2D eigenvalue weighted by molar-refractivity contribution is 7.15. The summed E-state index contributed by atoms with van der Waals surface area (Å²) >= 11 is 1.58. The van der Waals surface area contributed by atoms with Crippen LogP contribution in [0.3, 0.4) is 0 Å². The highest BCUT2D eigenvalue weighted by atomic mass is 32.1. The topological polar surface area (TPSA) is 91.9 Å². The van der Waals surface area contributed by atoms with Gasteiger partial charge in [0.25, 0.3) is 5.56 Å². The van der Waals surface area contributed by atoms with Gasteiger partial charge in [0.2, 0.25) is 5.95 Å². The molecule has 0 fully saturated rings. The molecule has 3 aromatic rings. The van der Waals surface area contributed by atoms with Crippen LogP contribution >= 0.6 is 11.3 Å². The van der Waals surface area contributed by atoms with Gasteiger partial charge in [0.05, 0.1) is 24.9 Å². The molecule has 0 spiro atoms. The Morgan fingerprint density at radius 2 is 2.23 bits per heavy atom. The van der Waals surface area contributed by atoms with Crippen LogP contribution in [0.5, 0.6) is 5.75 Å². The summed E-state index contributed by atoms with van der Waals surface area (Å²) in [6, 6.07) is 7.81. The third-order valence-electron chi connectivity index (χ3n) is 4.27. The normalized spacial score (nSPS) is 13.3. The number of hydrogen-bond acceptors (Lipinski definition) is 7. The molecular weight excluding hydrogens is 350 g/mol. The molecule has 2 aromatic heterocycles. The fourth-order valence-corrected chi connectivity index (χ4v) is 3.84. The average Bonchev–Trinajstić information content (AvgIpc) is 3.15. The van der Waals surface area contributed by atoms with Crippen LogP contribution < -0.4 is 20.9 Å². The minimum atomic E-state index is -0.0574. The summed E-state index contributed by atoms with van der Waals surface area (Å²) in [5, 5.41) is 7.33. The molecule has 3 heterocycles. The minimum absolute atomic E-state index is 0.0574. The zero-order valence-corrected chi connectivity index (χ0v) is 15.2. The van der Waals surface area contributed by atoms with Crippen LogP contribution in [0.25, 0.3) is 10.6 Å². The Morgan fingerprint density at radius 1 is 1.35 bits per heavy atom. The van der Waals surface area contributed by atoms with Crippen LogP contribution in [0.1, 0.15) is 16.1 Å². The van der Waals surface area contributed by atoms with E-state index in [0.29, 0.717) is 19.0 Å². The number of H-pyrrole nitrogens is 1. The molecule has 1 aliphatic heterocycles. The van der Waals surface area contributed by atoms with Gasteiger partial charge in [-0.1, -0.05) is 12.1 Å². The fourth-order valence-electron chi connectivity index (χ4n) is 2.96. The van der Waals surface area contributed by atoms with Crippen molar-refractivity contribution in [2.75, 3.05) is 19.0 Å². The Morgan fingerprint density at radius 3 is 3.12 bits per heavy atom. The highest BCUT2D eigenvalue weighted by Gasteiger charge is 2.15. The number of methoxy groups -OCH3 is 1. The molecule has 134 valence electrons. The number of aromatic nitrogens is 3. The number of nitrogens with one attached hydrogen (secondary N) is 3. The number of thiazole rings is 1. The molecule has 0 atom stereocenters.